The minimum absolute atomic E-state index is 0.242. The third-order valence-electron chi connectivity index (χ3n) is 2.98. The molecule has 1 aliphatic rings. The molecule has 0 atom stereocenters. The Morgan fingerprint density at radius 1 is 1.44 bits per heavy atom. The number of hydrogen-bond donors (Lipinski definition) is 3. The van der Waals surface area contributed by atoms with Crippen molar-refractivity contribution >= 4 is 11.9 Å². The normalized spacial score (nSPS) is 16.3. The first kappa shape index (κ1) is 14.7. The lowest BCUT2D eigenvalue weighted by Crippen LogP contribution is -2.48. The number of urea groups is 1. The van der Waals surface area contributed by atoms with E-state index >= 15 is 0 Å². The first-order valence-electron chi connectivity index (χ1n) is 6.23. The topological polar surface area (TPSA) is 73.5 Å². The standard InChI is InChI=1S/C12H22N4O2/c1-3-6-14-12(18)15-11(17)9-16(2)10-4-7-13-8-5-10/h3,10,13H,1,4-9H2,2H3,(H2,14,15,17,18). The molecule has 0 bridgehead atoms. The lowest BCUT2D eigenvalue weighted by Gasteiger charge is -2.30. The van der Waals surface area contributed by atoms with Crippen molar-refractivity contribution in [1.82, 2.24) is 20.9 Å². The second-order valence-corrected chi connectivity index (χ2v) is 4.44. The summed E-state index contributed by atoms with van der Waals surface area (Å²) in [7, 11) is 1.91. The van der Waals surface area contributed by atoms with E-state index in [4.69, 9.17) is 0 Å². The zero-order valence-corrected chi connectivity index (χ0v) is 10.9. The molecule has 3 amide bonds. The number of nitrogens with zero attached hydrogens (tertiary/aromatic N) is 1. The Morgan fingerprint density at radius 3 is 2.72 bits per heavy atom. The van der Waals surface area contributed by atoms with Crippen LogP contribution in [0.4, 0.5) is 4.79 Å². The van der Waals surface area contributed by atoms with Crippen LogP contribution >= 0.6 is 0 Å². The molecular formula is C12H22N4O2. The van der Waals surface area contributed by atoms with Crippen LogP contribution in [0.1, 0.15) is 12.8 Å². The van der Waals surface area contributed by atoms with Gasteiger partial charge < -0.3 is 10.6 Å². The van der Waals surface area contributed by atoms with Crippen molar-refractivity contribution in [2.45, 2.75) is 18.9 Å². The molecule has 1 heterocycles. The van der Waals surface area contributed by atoms with E-state index in [1.807, 2.05) is 11.9 Å². The van der Waals surface area contributed by atoms with E-state index in [9.17, 15) is 9.59 Å². The summed E-state index contributed by atoms with van der Waals surface area (Å²) < 4.78 is 0. The zero-order chi connectivity index (χ0) is 13.4. The van der Waals surface area contributed by atoms with Gasteiger partial charge in [0.2, 0.25) is 5.91 Å². The highest BCUT2D eigenvalue weighted by atomic mass is 16.2. The van der Waals surface area contributed by atoms with Gasteiger partial charge in [-0.2, -0.15) is 0 Å². The Kier molecular flexibility index (Phi) is 6.38. The second kappa shape index (κ2) is 7.84. The van der Waals surface area contributed by atoms with Crippen LogP contribution in [0, 0.1) is 0 Å². The maximum atomic E-state index is 11.6. The van der Waals surface area contributed by atoms with Crippen LogP contribution in [0.3, 0.4) is 0 Å². The van der Waals surface area contributed by atoms with E-state index < -0.39 is 6.03 Å². The van der Waals surface area contributed by atoms with Gasteiger partial charge in [0.1, 0.15) is 0 Å². The fraction of sp³-hybridized carbons (Fsp3) is 0.667. The summed E-state index contributed by atoms with van der Waals surface area (Å²) in [5.41, 5.74) is 0. The number of likely N-dealkylation sites (N-methyl/N-ethyl adjacent to an activating group) is 1. The third kappa shape index (κ3) is 5.29. The largest absolute Gasteiger partial charge is 0.334 e. The number of amides is 3. The minimum Gasteiger partial charge on any atom is -0.334 e. The van der Waals surface area contributed by atoms with Gasteiger partial charge in [-0.25, -0.2) is 4.79 Å². The van der Waals surface area contributed by atoms with Crippen LogP contribution in [-0.4, -0.2) is 56.1 Å². The SMILES string of the molecule is C=CCNC(=O)NC(=O)CN(C)C1CCNCC1. The van der Waals surface area contributed by atoms with Crippen LogP contribution < -0.4 is 16.0 Å². The van der Waals surface area contributed by atoms with Crippen molar-refractivity contribution in [3.05, 3.63) is 12.7 Å². The summed E-state index contributed by atoms with van der Waals surface area (Å²) in [6, 6.07) is -0.0631. The van der Waals surface area contributed by atoms with Crippen LogP contribution in [0.25, 0.3) is 0 Å². The van der Waals surface area contributed by atoms with Gasteiger partial charge in [0.15, 0.2) is 0 Å². The lowest BCUT2D eigenvalue weighted by atomic mass is 10.1. The number of carbonyl (C=O) groups excluding carboxylic acids is 2. The van der Waals surface area contributed by atoms with Gasteiger partial charge >= 0.3 is 6.03 Å². The Hall–Kier alpha value is -1.40. The smallest absolute Gasteiger partial charge is 0.321 e. The van der Waals surface area contributed by atoms with Crippen LogP contribution in [0.2, 0.25) is 0 Å². The predicted molar refractivity (Wildman–Crippen MR) is 70.3 cm³/mol. The molecule has 3 N–H and O–H groups in total. The average Bonchev–Trinajstić information content (AvgIpc) is 2.37. The maximum absolute atomic E-state index is 11.6. The molecule has 102 valence electrons. The highest BCUT2D eigenvalue weighted by Crippen LogP contribution is 2.08. The molecule has 1 fully saturated rings. The summed E-state index contributed by atoms with van der Waals surface area (Å²) in [5.74, 6) is -0.280. The molecule has 0 radical (unpaired) electrons. The molecule has 0 unspecified atom stereocenters. The van der Waals surface area contributed by atoms with Crippen molar-refractivity contribution in [3.63, 3.8) is 0 Å². The molecule has 18 heavy (non-hydrogen) atoms. The molecular weight excluding hydrogens is 232 g/mol. The molecule has 6 heteroatoms. The molecule has 0 spiro atoms. The molecule has 0 aromatic carbocycles. The molecule has 0 aromatic rings. The van der Waals surface area contributed by atoms with E-state index in [0.29, 0.717) is 12.6 Å². The highest BCUT2D eigenvalue weighted by Gasteiger charge is 2.20. The Labute approximate surface area is 108 Å². The number of nitrogens with one attached hydrogen (secondary N) is 3. The van der Waals surface area contributed by atoms with Crippen molar-refractivity contribution in [3.8, 4) is 0 Å². The van der Waals surface area contributed by atoms with E-state index in [0.717, 1.165) is 25.9 Å². The predicted octanol–water partition coefficient (Wildman–Crippen LogP) is -0.318. The Morgan fingerprint density at radius 2 is 2.11 bits per heavy atom. The highest BCUT2D eigenvalue weighted by molar-refractivity contribution is 5.95. The number of piperidine rings is 1. The molecule has 0 aliphatic carbocycles. The molecule has 6 nitrogen and oxygen atoms in total. The first-order valence-corrected chi connectivity index (χ1v) is 6.23. The minimum atomic E-state index is -0.474. The second-order valence-electron chi connectivity index (χ2n) is 4.44. The maximum Gasteiger partial charge on any atom is 0.321 e. The summed E-state index contributed by atoms with van der Waals surface area (Å²) in [6.07, 6.45) is 3.63. The fourth-order valence-corrected chi connectivity index (χ4v) is 1.98. The molecule has 1 aliphatic heterocycles. The van der Waals surface area contributed by atoms with Crippen molar-refractivity contribution in [2.75, 3.05) is 33.2 Å². The molecule has 1 rings (SSSR count). The monoisotopic (exact) mass is 254 g/mol. The fourth-order valence-electron chi connectivity index (χ4n) is 1.98. The third-order valence-corrected chi connectivity index (χ3v) is 2.98. The van der Waals surface area contributed by atoms with Gasteiger partial charge in [0, 0.05) is 12.6 Å². The quantitative estimate of drug-likeness (QED) is 0.588. The number of imide groups is 1. The van der Waals surface area contributed by atoms with Gasteiger partial charge in [-0.05, 0) is 33.0 Å². The van der Waals surface area contributed by atoms with Crippen LogP contribution in [0.5, 0.6) is 0 Å². The van der Waals surface area contributed by atoms with Crippen LogP contribution in [-0.2, 0) is 4.79 Å². The molecule has 0 aromatic heterocycles. The Bertz CT molecular complexity index is 300. The van der Waals surface area contributed by atoms with Crippen LogP contribution in [0.15, 0.2) is 12.7 Å². The van der Waals surface area contributed by atoms with Gasteiger partial charge in [-0.3, -0.25) is 15.0 Å². The van der Waals surface area contributed by atoms with Gasteiger partial charge in [-0.15, -0.1) is 6.58 Å². The molecule has 1 saturated heterocycles. The van der Waals surface area contributed by atoms with Gasteiger partial charge in [0.05, 0.1) is 6.54 Å². The average molecular weight is 254 g/mol. The van der Waals surface area contributed by atoms with Crippen molar-refractivity contribution < 1.29 is 9.59 Å². The lowest BCUT2D eigenvalue weighted by molar-refractivity contribution is -0.121. The van der Waals surface area contributed by atoms with E-state index in [-0.39, 0.29) is 12.5 Å². The van der Waals surface area contributed by atoms with Gasteiger partial charge in [0.25, 0.3) is 0 Å². The number of hydrogen-bond acceptors (Lipinski definition) is 4. The van der Waals surface area contributed by atoms with E-state index in [1.165, 1.54) is 0 Å². The summed E-state index contributed by atoms with van der Waals surface area (Å²) in [4.78, 5) is 24.9. The van der Waals surface area contributed by atoms with Gasteiger partial charge in [-0.1, -0.05) is 6.08 Å². The number of carbonyl (C=O) groups is 2. The summed E-state index contributed by atoms with van der Waals surface area (Å²) >= 11 is 0. The zero-order valence-electron chi connectivity index (χ0n) is 10.9. The Balaban J connectivity index is 2.25. The van der Waals surface area contributed by atoms with E-state index in [1.54, 1.807) is 6.08 Å². The van der Waals surface area contributed by atoms with Crippen molar-refractivity contribution in [1.29, 1.82) is 0 Å². The summed E-state index contributed by atoms with van der Waals surface area (Å²) in [5, 5.41) is 8.07. The van der Waals surface area contributed by atoms with E-state index in [2.05, 4.69) is 22.5 Å². The first-order chi connectivity index (χ1) is 8.63. The number of rotatable bonds is 5. The summed E-state index contributed by atoms with van der Waals surface area (Å²) in [6.45, 7) is 6.04. The molecule has 0 saturated carbocycles. The van der Waals surface area contributed by atoms with Crippen molar-refractivity contribution in [2.24, 2.45) is 0 Å².